The third-order valence-corrected chi connectivity index (χ3v) is 9.28. The first kappa shape index (κ1) is 27.4. The van der Waals surface area contributed by atoms with Crippen molar-refractivity contribution in [3.05, 3.63) is 29.5 Å². The van der Waals surface area contributed by atoms with Gasteiger partial charge in [0.25, 0.3) is 15.9 Å². The molecule has 1 aromatic rings. The lowest BCUT2D eigenvalue weighted by Gasteiger charge is -2.45. The van der Waals surface area contributed by atoms with Crippen LogP contribution in [0.2, 0.25) is 0 Å². The molecule has 1 unspecified atom stereocenters. The molecular weight excluding hydrogens is 516 g/mol. The smallest absolute Gasteiger partial charge is 0.286 e. The zero-order chi connectivity index (χ0) is 27.2. The van der Waals surface area contributed by atoms with Crippen molar-refractivity contribution < 1.29 is 26.7 Å². The van der Waals surface area contributed by atoms with Crippen molar-refractivity contribution in [2.45, 2.75) is 76.7 Å². The number of nitrogens with zero attached hydrogens (tertiary/aromatic N) is 2. The number of sulfonamides is 2. The molecule has 0 radical (unpaired) electrons. The van der Waals surface area contributed by atoms with Crippen molar-refractivity contribution in [2.24, 2.45) is 15.7 Å². The van der Waals surface area contributed by atoms with Crippen LogP contribution < -0.4 is 10.0 Å². The van der Waals surface area contributed by atoms with Crippen LogP contribution >= 0.6 is 0 Å². The number of hydrogen-bond acceptors (Lipinski definition) is 7. The van der Waals surface area contributed by atoms with Crippen LogP contribution in [0, 0.1) is 11.3 Å². The molecule has 0 aromatic heterocycles. The van der Waals surface area contributed by atoms with E-state index >= 15 is 0 Å². The van der Waals surface area contributed by atoms with E-state index in [0.29, 0.717) is 18.9 Å². The summed E-state index contributed by atoms with van der Waals surface area (Å²) in [5.41, 5.74) is -0.639. The Kier molecular flexibility index (Phi) is 7.37. The topological polar surface area (TPSA) is 145 Å². The molecule has 1 amide bonds. The first-order valence-electron chi connectivity index (χ1n) is 12.7. The van der Waals surface area contributed by atoms with E-state index in [1.54, 1.807) is 4.90 Å². The predicted molar refractivity (Wildman–Crippen MR) is 144 cm³/mol. The number of amides is 1. The molecule has 3 aliphatic rings. The summed E-state index contributed by atoms with van der Waals surface area (Å²) >= 11 is 0. The van der Waals surface area contributed by atoms with E-state index in [2.05, 4.69) is 28.3 Å². The highest BCUT2D eigenvalue weighted by atomic mass is 32.2. The minimum absolute atomic E-state index is 0.0282. The van der Waals surface area contributed by atoms with Crippen LogP contribution in [0.1, 0.15) is 65.7 Å². The molecule has 10 nitrogen and oxygen atoms in total. The van der Waals surface area contributed by atoms with Gasteiger partial charge in [0.05, 0.1) is 11.9 Å². The van der Waals surface area contributed by atoms with E-state index in [1.165, 1.54) is 18.2 Å². The van der Waals surface area contributed by atoms with Gasteiger partial charge in [0, 0.05) is 23.7 Å². The number of anilines is 2. The third-order valence-electron chi connectivity index (χ3n) is 7.36. The zero-order valence-corrected chi connectivity index (χ0v) is 23.4. The largest absolute Gasteiger partial charge is 0.511 e. The van der Waals surface area contributed by atoms with Crippen molar-refractivity contribution in [1.29, 1.82) is 0 Å². The second-order valence-corrected chi connectivity index (χ2v) is 14.4. The standard InChI is InChI=1S/C25H36N4O6S2/c1-16(2)12-13-25(3)15-29(18-8-6-5-7-9-18)24(31)21(22(25)30)23-26-19-11-10-17(27-36(4,32)33)14-20(19)37(34,35)28-23/h10-11,14,16,18,27,30H,5-9,12-13,15H2,1-4H3,(H,26,28). The van der Waals surface area contributed by atoms with Gasteiger partial charge in [-0.3, -0.25) is 9.52 Å². The van der Waals surface area contributed by atoms with Crippen molar-refractivity contribution in [2.75, 3.05) is 22.8 Å². The first-order valence-corrected chi connectivity index (χ1v) is 16.0. The van der Waals surface area contributed by atoms with Gasteiger partial charge in [-0.15, -0.1) is 4.40 Å². The number of nitrogens with one attached hydrogen (secondary N) is 2. The van der Waals surface area contributed by atoms with Gasteiger partial charge in [-0.1, -0.05) is 40.0 Å². The fourth-order valence-corrected chi connectivity index (χ4v) is 7.02. The summed E-state index contributed by atoms with van der Waals surface area (Å²) in [6.07, 6.45) is 7.34. The van der Waals surface area contributed by atoms with E-state index in [-0.39, 0.29) is 39.5 Å². The van der Waals surface area contributed by atoms with Gasteiger partial charge in [0.15, 0.2) is 5.84 Å². The van der Waals surface area contributed by atoms with Crippen molar-refractivity contribution in [3.63, 3.8) is 0 Å². The Morgan fingerprint density at radius 1 is 1.24 bits per heavy atom. The number of aliphatic hydroxyl groups is 1. The summed E-state index contributed by atoms with van der Waals surface area (Å²) in [6.45, 7) is 6.49. The number of amidine groups is 1. The molecule has 2 aliphatic heterocycles. The van der Waals surface area contributed by atoms with Gasteiger partial charge in [0.1, 0.15) is 16.2 Å². The van der Waals surface area contributed by atoms with Crippen molar-refractivity contribution in [1.82, 2.24) is 4.90 Å². The van der Waals surface area contributed by atoms with E-state index in [0.717, 1.165) is 44.8 Å². The average molecular weight is 553 g/mol. The monoisotopic (exact) mass is 552 g/mol. The van der Waals surface area contributed by atoms with E-state index in [1.807, 2.05) is 6.92 Å². The number of carbonyl (C=O) groups is 1. The molecule has 12 heteroatoms. The summed E-state index contributed by atoms with van der Waals surface area (Å²) in [4.78, 5) is 15.4. The Morgan fingerprint density at radius 3 is 2.54 bits per heavy atom. The van der Waals surface area contributed by atoms with Crippen LogP contribution in [0.25, 0.3) is 0 Å². The summed E-state index contributed by atoms with van der Waals surface area (Å²) in [5.74, 6) is -0.395. The number of rotatable bonds is 7. The van der Waals surface area contributed by atoms with E-state index in [9.17, 15) is 26.7 Å². The van der Waals surface area contributed by atoms with Gasteiger partial charge < -0.3 is 15.3 Å². The molecule has 1 fully saturated rings. The highest BCUT2D eigenvalue weighted by Crippen LogP contribution is 2.42. The van der Waals surface area contributed by atoms with Crippen LogP contribution in [-0.2, 0) is 24.8 Å². The molecule has 37 heavy (non-hydrogen) atoms. The molecule has 3 N–H and O–H groups in total. The lowest BCUT2D eigenvalue weighted by Crippen LogP contribution is -2.54. The number of aliphatic hydroxyl groups excluding tert-OH is 1. The molecule has 1 aromatic carbocycles. The molecule has 204 valence electrons. The van der Waals surface area contributed by atoms with Gasteiger partial charge in [-0.05, 0) is 49.8 Å². The third kappa shape index (κ3) is 5.79. The number of benzene rings is 1. The molecule has 1 atom stereocenters. The summed E-state index contributed by atoms with van der Waals surface area (Å²) in [5, 5.41) is 14.4. The average Bonchev–Trinajstić information content (AvgIpc) is 2.80. The minimum atomic E-state index is -4.30. The summed E-state index contributed by atoms with van der Waals surface area (Å²) < 4.78 is 55.7. The number of carbonyl (C=O) groups excluding carboxylic acids is 1. The summed E-state index contributed by atoms with van der Waals surface area (Å²) in [7, 11) is -7.91. The molecule has 1 saturated carbocycles. The Morgan fingerprint density at radius 2 is 1.92 bits per heavy atom. The van der Waals surface area contributed by atoms with Gasteiger partial charge in [-0.2, -0.15) is 8.42 Å². The summed E-state index contributed by atoms with van der Waals surface area (Å²) in [6, 6.07) is 4.04. The molecule has 0 bridgehead atoms. The van der Waals surface area contributed by atoms with E-state index < -0.39 is 31.4 Å². The van der Waals surface area contributed by atoms with Crippen LogP contribution in [0.5, 0.6) is 0 Å². The number of hydrogen-bond donors (Lipinski definition) is 3. The maximum Gasteiger partial charge on any atom is 0.286 e. The fourth-order valence-electron chi connectivity index (χ4n) is 5.32. The highest BCUT2D eigenvalue weighted by Gasteiger charge is 2.47. The Balaban J connectivity index is 1.78. The van der Waals surface area contributed by atoms with Gasteiger partial charge in [0.2, 0.25) is 10.0 Å². The minimum Gasteiger partial charge on any atom is -0.511 e. The van der Waals surface area contributed by atoms with Crippen LogP contribution in [0.15, 0.2) is 38.8 Å². The molecule has 0 saturated heterocycles. The SMILES string of the molecule is CC(C)CCC1(C)CN(C2CCCCC2)C(=O)C(C2=NS(=O)(=O)c3cc(NS(C)(=O)=O)ccc3N2)=C1O. The maximum absolute atomic E-state index is 13.8. The molecule has 0 spiro atoms. The van der Waals surface area contributed by atoms with Gasteiger partial charge >= 0.3 is 0 Å². The van der Waals surface area contributed by atoms with Crippen molar-refractivity contribution >= 4 is 43.2 Å². The van der Waals surface area contributed by atoms with Gasteiger partial charge in [-0.25, -0.2) is 8.42 Å². The van der Waals surface area contributed by atoms with E-state index in [4.69, 9.17) is 0 Å². The Bertz CT molecular complexity index is 1360. The molecule has 4 rings (SSSR count). The molecular formula is C25H36N4O6S2. The quantitative estimate of drug-likeness (QED) is 0.463. The van der Waals surface area contributed by atoms with Crippen LogP contribution in [0.4, 0.5) is 11.4 Å². The lowest BCUT2D eigenvalue weighted by atomic mass is 9.75. The first-order chi connectivity index (χ1) is 17.2. The number of fused-ring (bicyclic) bond motifs is 1. The second-order valence-electron chi connectivity index (χ2n) is 11.1. The second kappa shape index (κ2) is 9.94. The zero-order valence-electron chi connectivity index (χ0n) is 21.7. The van der Waals surface area contributed by atoms with Crippen molar-refractivity contribution in [3.8, 4) is 0 Å². The predicted octanol–water partition coefficient (Wildman–Crippen LogP) is 4.00. The van der Waals surface area contributed by atoms with Crippen LogP contribution in [0.3, 0.4) is 0 Å². The Hall–Kier alpha value is -2.60. The lowest BCUT2D eigenvalue weighted by molar-refractivity contribution is -0.133. The normalized spacial score (nSPS) is 24.5. The Labute approximate surface area is 219 Å². The van der Waals surface area contributed by atoms with Crippen LogP contribution in [-0.4, -0.2) is 57.4 Å². The molecule has 1 aliphatic carbocycles. The maximum atomic E-state index is 13.8. The molecule has 2 heterocycles. The highest BCUT2D eigenvalue weighted by molar-refractivity contribution is 7.92. The fraction of sp³-hybridized carbons (Fsp3) is 0.600.